The van der Waals surface area contributed by atoms with Crippen LogP contribution in [0.3, 0.4) is 0 Å². The summed E-state index contributed by atoms with van der Waals surface area (Å²) in [5, 5.41) is 0. The van der Waals surface area contributed by atoms with E-state index in [0.29, 0.717) is 11.8 Å². The van der Waals surface area contributed by atoms with Crippen LogP contribution in [0.4, 0.5) is 0 Å². The van der Waals surface area contributed by atoms with Crippen molar-refractivity contribution in [3.05, 3.63) is 53.9 Å². The number of imidazole rings is 1. The molecule has 0 aliphatic heterocycles. The van der Waals surface area contributed by atoms with Gasteiger partial charge in [0.05, 0.1) is 17.6 Å². The van der Waals surface area contributed by atoms with Crippen molar-refractivity contribution in [2.24, 2.45) is 0 Å². The first-order chi connectivity index (χ1) is 12.5. The quantitative estimate of drug-likeness (QED) is 0.566. The Kier molecular flexibility index (Phi) is 5.91. The highest BCUT2D eigenvalue weighted by atomic mass is 16.3. The molecule has 0 amide bonds. The predicted molar refractivity (Wildman–Crippen MR) is 99.1 cm³/mol. The first-order valence-corrected chi connectivity index (χ1v) is 9.36. The summed E-state index contributed by atoms with van der Waals surface area (Å²) in [6.45, 7) is 8.33. The third kappa shape index (κ3) is 4.62. The van der Waals surface area contributed by atoms with Crippen molar-refractivity contribution in [3.8, 4) is 0 Å². The Balaban J connectivity index is 1.58. The molecule has 3 unspecified atom stereocenters. The molecule has 3 rings (SSSR count). The van der Waals surface area contributed by atoms with Gasteiger partial charge in [-0.3, -0.25) is 0 Å². The van der Waals surface area contributed by atoms with E-state index in [2.05, 4.69) is 33.8 Å². The summed E-state index contributed by atoms with van der Waals surface area (Å²) in [5.41, 5.74) is 1.96. The minimum atomic E-state index is 0.284. The van der Waals surface area contributed by atoms with Crippen LogP contribution < -0.4 is 0 Å². The SMILES string of the molecule is Cc1c[nH]c(C(C)CCC(CCC(C)c2nc(C)co2)c2ncco2)n1. The summed E-state index contributed by atoms with van der Waals surface area (Å²) >= 11 is 0. The lowest BCUT2D eigenvalue weighted by atomic mass is 9.90. The maximum atomic E-state index is 5.61. The smallest absolute Gasteiger partial charge is 0.197 e. The molecule has 3 aromatic heterocycles. The highest BCUT2D eigenvalue weighted by molar-refractivity contribution is 5.04. The van der Waals surface area contributed by atoms with E-state index in [9.17, 15) is 0 Å². The van der Waals surface area contributed by atoms with Gasteiger partial charge in [-0.05, 0) is 39.5 Å². The molecule has 3 heterocycles. The number of nitrogens with one attached hydrogen (secondary N) is 1. The molecule has 0 spiro atoms. The van der Waals surface area contributed by atoms with Gasteiger partial charge in [0.2, 0.25) is 0 Å². The molecule has 6 nitrogen and oxygen atoms in total. The minimum absolute atomic E-state index is 0.284. The zero-order chi connectivity index (χ0) is 18.5. The Morgan fingerprint density at radius 3 is 2.27 bits per heavy atom. The van der Waals surface area contributed by atoms with Crippen molar-refractivity contribution < 1.29 is 8.83 Å². The third-order valence-electron chi connectivity index (χ3n) is 4.95. The molecule has 1 N–H and O–H groups in total. The number of hydrogen-bond acceptors (Lipinski definition) is 5. The van der Waals surface area contributed by atoms with Crippen molar-refractivity contribution >= 4 is 0 Å². The monoisotopic (exact) mass is 356 g/mol. The van der Waals surface area contributed by atoms with E-state index in [1.807, 2.05) is 20.0 Å². The number of aromatic amines is 1. The summed E-state index contributed by atoms with van der Waals surface area (Å²) < 4.78 is 11.2. The van der Waals surface area contributed by atoms with Gasteiger partial charge in [0.1, 0.15) is 18.4 Å². The van der Waals surface area contributed by atoms with Crippen LogP contribution in [0.1, 0.15) is 86.3 Å². The number of oxazole rings is 2. The molecule has 3 aromatic rings. The summed E-state index contributed by atoms with van der Waals surface area (Å²) in [6.07, 6.45) is 11.1. The van der Waals surface area contributed by atoms with E-state index in [4.69, 9.17) is 8.83 Å². The Bertz CT molecular complexity index is 740. The molecule has 0 bridgehead atoms. The number of nitrogens with zero attached hydrogens (tertiary/aromatic N) is 3. The summed E-state index contributed by atoms with van der Waals surface area (Å²) in [4.78, 5) is 16.7. The Labute approximate surface area is 154 Å². The lowest BCUT2D eigenvalue weighted by molar-refractivity contribution is 0.371. The molecule has 0 fully saturated rings. The van der Waals surface area contributed by atoms with Gasteiger partial charge in [0, 0.05) is 24.0 Å². The van der Waals surface area contributed by atoms with Gasteiger partial charge < -0.3 is 13.8 Å². The van der Waals surface area contributed by atoms with Crippen LogP contribution in [0.5, 0.6) is 0 Å². The van der Waals surface area contributed by atoms with Gasteiger partial charge in [0.25, 0.3) is 0 Å². The van der Waals surface area contributed by atoms with Gasteiger partial charge in [-0.25, -0.2) is 15.0 Å². The van der Waals surface area contributed by atoms with Crippen molar-refractivity contribution in [3.63, 3.8) is 0 Å². The lowest BCUT2D eigenvalue weighted by Crippen LogP contribution is -2.06. The highest BCUT2D eigenvalue weighted by Gasteiger charge is 2.21. The fourth-order valence-electron chi connectivity index (χ4n) is 3.27. The number of aryl methyl sites for hydroxylation is 2. The summed E-state index contributed by atoms with van der Waals surface area (Å²) in [7, 11) is 0. The van der Waals surface area contributed by atoms with Gasteiger partial charge in [0.15, 0.2) is 11.8 Å². The third-order valence-corrected chi connectivity index (χ3v) is 4.95. The van der Waals surface area contributed by atoms with Crippen LogP contribution in [0.25, 0.3) is 0 Å². The average Bonchev–Trinajstić information content (AvgIpc) is 3.36. The molecule has 0 radical (unpaired) electrons. The van der Waals surface area contributed by atoms with Crippen LogP contribution in [-0.4, -0.2) is 19.9 Å². The lowest BCUT2D eigenvalue weighted by Gasteiger charge is -2.17. The Morgan fingerprint density at radius 2 is 1.69 bits per heavy atom. The highest BCUT2D eigenvalue weighted by Crippen LogP contribution is 2.32. The van der Waals surface area contributed by atoms with Crippen LogP contribution in [-0.2, 0) is 0 Å². The van der Waals surface area contributed by atoms with Crippen molar-refractivity contribution in [2.75, 3.05) is 0 Å². The zero-order valence-corrected chi connectivity index (χ0v) is 16.0. The topological polar surface area (TPSA) is 80.7 Å². The van der Waals surface area contributed by atoms with Gasteiger partial charge in [-0.15, -0.1) is 0 Å². The van der Waals surface area contributed by atoms with E-state index >= 15 is 0 Å². The zero-order valence-electron chi connectivity index (χ0n) is 16.0. The molecule has 0 aromatic carbocycles. The second-order valence-electron chi connectivity index (χ2n) is 7.28. The van der Waals surface area contributed by atoms with Crippen LogP contribution in [0, 0.1) is 13.8 Å². The molecule has 140 valence electrons. The standard InChI is InChI=1S/C20H28N4O2/c1-13(18-22-11-15(3)23-18)5-7-17(20-21-9-10-25-20)8-6-14(2)19-24-16(4)12-26-19/h9-14,17H,5-8H2,1-4H3,(H,22,23). The van der Waals surface area contributed by atoms with E-state index in [1.54, 1.807) is 18.7 Å². The minimum Gasteiger partial charge on any atom is -0.449 e. The van der Waals surface area contributed by atoms with E-state index < -0.39 is 0 Å². The maximum absolute atomic E-state index is 5.61. The second-order valence-corrected chi connectivity index (χ2v) is 7.28. The van der Waals surface area contributed by atoms with Crippen LogP contribution in [0.15, 0.2) is 33.8 Å². The number of H-pyrrole nitrogens is 1. The molecule has 0 saturated heterocycles. The molecule has 3 atom stereocenters. The van der Waals surface area contributed by atoms with Crippen LogP contribution in [0.2, 0.25) is 0 Å². The largest absolute Gasteiger partial charge is 0.449 e. The normalized spacial score (nSPS) is 15.1. The number of aromatic nitrogens is 4. The van der Waals surface area contributed by atoms with Gasteiger partial charge in [-0.1, -0.05) is 13.8 Å². The fraction of sp³-hybridized carbons (Fsp3) is 0.550. The predicted octanol–water partition coefficient (Wildman–Crippen LogP) is 5.25. The second kappa shape index (κ2) is 8.34. The van der Waals surface area contributed by atoms with Crippen molar-refractivity contribution in [1.29, 1.82) is 0 Å². The van der Waals surface area contributed by atoms with Gasteiger partial charge in [-0.2, -0.15) is 0 Å². The molecular weight excluding hydrogens is 328 g/mol. The molecule has 0 saturated carbocycles. The molecular formula is C20H28N4O2. The van der Waals surface area contributed by atoms with Gasteiger partial charge >= 0.3 is 0 Å². The Hall–Kier alpha value is -2.37. The molecule has 0 aliphatic carbocycles. The first-order valence-electron chi connectivity index (χ1n) is 9.36. The maximum Gasteiger partial charge on any atom is 0.197 e. The van der Waals surface area contributed by atoms with Crippen molar-refractivity contribution in [2.45, 2.75) is 71.1 Å². The summed E-state index contributed by atoms with van der Waals surface area (Å²) in [6, 6.07) is 0. The molecule has 6 heteroatoms. The van der Waals surface area contributed by atoms with Crippen LogP contribution >= 0.6 is 0 Å². The number of rotatable bonds is 9. The average molecular weight is 356 g/mol. The molecule has 0 aliphatic rings. The fourth-order valence-corrected chi connectivity index (χ4v) is 3.27. The van der Waals surface area contributed by atoms with E-state index in [-0.39, 0.29) is 5.92 Å². The van der Waals surface area contributed by atoms with E-state index in [1.165, 1.54) is 0 Å². The van der Waals surface area contributed by atoms with Crippen molar-refractivity contribution in [1.82, 2.24) is 19.9 Å². The Morgan fingerprint density at radius 1 is 0.923 bits per heavy atom. The molecule has 26 heavy (non-hydrogen) atoms. The number of hydrogen-bond donors (Lipinski definition) is 1. The van der Waals surface area contributed by atoms with E-state index in [0.717, 1.165) is 54.7 Å². The summed E-state index contributed by atoms with van der Waals surface area (Å²) in [5.74, 6) is 3.65. The first kappa shape index (κ1) is 18.4.